The summed E-state index contributed by atoms with van der Waals surface area (Å²) in [5.41, 5.74) is 1.50. The Kier molecular flexibility index (Phi) is 6.87. The Hall–Kier alpha value is -2.23. The van der Waals surface area contributed by atoms with Crippen LogP contribution in [0.4, 0.5) is 5.69 Å². The van der Waals surface area contributed by atoms with Gasteiger partial charge in [0.05, 0.1) is 18.9 Å². The van der Waals surface area contributed by atoms with E-state index in [2.05, 4.69) is 27.7 Å². The van der Waals surface area contributed by atoms with Crippen LogP contribution in [0.2, 0.25) is 0 Å². The average Bonchev–Trinajstić information content (AvgIpc) is 2.41. The van der Waals surface area contributed by atoms with Crippen molar-refractivity contribution in [2.45, 2.75) is 13.5 Å². The zero-order valence-corrected chi connectivity index (χ0v) is 10.8. The number of nitrogens with zero attached hydrogens (tertiary/aromatic N) is 2. The van der Waals surface area contributed by atoms with Crippen molar-refractivity contribution < 1.29 is 14.6 Å². The van der Waals surface area contributed by atoms with Crippen LogP contribution in [0.1, 0.15) is 12.5 Å². The van der Waals surface area contributed by atoms with Gasteiger partial charge in [-0.15, -0.1) is 11.7 Å². The maximum atomic E-state index is 11.0. The maximum absolute atomic E-state index is 11.0. The van der Waals surface area contributed by atoms with Gasteiger partial charge in [-0.1, -0.05) is 31.2 Å². The summed E-state index contributed by atoms with van der Waals surface area (Å²) in [6.45, 7) is 6.44. The lowest BCUT2D eigenvalue weighted by Crippen LogP contribution is -2.07. The summed E-state index contributed by atoms with van der Waals surface area (Å²) >= 11 is 0. The van der Waals surface area contributed by atoms with Gasteiger partial charge in [-0.2, -0.15) is 0 Å². The molecule has 0 aromatic heterocycles. The molecule has 0 radical (unpaired) electrons. The van der Waals surface area contributed by atoms with Crippen molar-refractivity contribution in [3.63, 3.8) is 0 Å². The molecule has 1 rings (SSSR count). The van der Waals surface area contributed by atoms with Gasteiger partial charge >= 0.3 is 12.1 Å². The minimum atomic E-state index is -0.633. The molecule has 0 unspecified atom stereocenters. The molecule has 0 saturated carbocycles. The highest BCUT2D eigenvalue weighted by Gasteiger charge is 2.03. The van der Waals surface area contributed by atoms with Crippen molar-refractivity contribution in [2.75, 3.05) is 13.2 Å². The minimum Gasteiger partial charge on any atom is -0.573 e. The third kappa shape index (κ3) is 5.77. The molecule has 1 aromatic rings. The lowest BCUT2D eigenvalue weighted by molar-refractivity contribution is -0.358. The smallest absolute Gasteiger partial charge is 0.451 e. The first kappa shape index (κ1) is 14.8. The largest absolute Gasteiger partial charge is 0.573 e. The van der Waals surface area contributed by atoms with Crippen LogP contribution in [-0.4, -0.2) is 13.2 Å². The van der Waals surface area contributed by atoms with E-state index in [1.807, 2.05) is 18.2 Å². The van der Waals surface area contributed by atoms with Crippen molar-refractivity contribution in [1.29, 1.82) is 0 Å². The van der Waals surface area contributed by atoms with Crippen molar-refractivity contribution in [3.8, 4) is 0 Å². The zero-order chi connectivity index (χ0) is 13.9. The first-order valence-corrected chi connectivity index (χ1v) is 5.88. The summed E-state index contributed by atoms with van der Waals surface area (Å²) in [5, 5.41) is 18.5. The van der Waals surface area contributed by atoms with Crippen LogP contribution >= 0.6 is 0 Å². The quantitative estimate of drug-likeness (QED) is 0.237. The summed E-state index contributed by atoms with van der Waals surface area (Å²) in [5.74, 6) is -0.633. The molecule has 0 saturated heterocycles. The van der Waals surface area contributed by atoms with E-state index >= 15 is 0 Å². The highest BCUT2D eigenvalue weighted by molar-refractivity contribution is 5.44. The van der Waals surface area contributed by atoms with Crippen LogP contribution in [0.5, 0.6) is 0 Å². The van der Waals surface area contributed by atoms with E-state index in [9.17, 15) is 5.11 Å². The average molecular weight is 260 g/mol. The van der Waals surface area contributed by atoms with Crippen LogP contribution in [0.25, 0.3) is 0 Å². The molecular weight excluding hydrogens is 244 g/mol. The molecule has 5 nitrogen and oxygen atoms in total. The number of benzene rings is 1. The van der Waals surface area contributed by atoms with E-state index in [0.29, 0.717) is 18.9 Å². The SMILES string of the molecule is C=CCOCc1ccccc1N=N[C+]=C([O-])OCC. The second kappa shape index (κ2) is 8.80. The number of hydrogen-bond acceptors (Lipinski definition) is 5. The van der Waals surface area contributed by atoms with Gasteiger partial charge < -0.3 is 14.6 Å². The van der Waals surface area contributed by atoms with E-state index in [-0.39, 0.29) is 6.61 Å². The van der Waals surface area contributed by atoms with Crippen LogP contribution in [-0.2, 0) is 16.1 Å². The van der Waals surface area contributed by atoms with Gasteiger partial charge in [0.2, 0.25) is 0 Å². The molecule has 0 bridgehead atoms. The third-order valence-corrected chi connectivity index (χ3v) is 2.06. The molecule has 1 aromatic carbocycles. The standard InChI is InChI=1S/C14H16N2O3/c1-3-9-18-11-12-7-5-6-8-13(12)16-15-10-14(17)19-4-2/h3,5-8H,1,4,9,11H2,2H3. The Morgan fingerprint density at radius 2 is 2.26 bits per heavy atom. The summed E-state index contributed by atoms with van der Waals surface area (Å²) in [6.07, 6.45) is 3.84. The predicted molar refractivity (Wildman–Crippen MR) is 69.2 cm³/mol. The number of hydrogen-bond donors (Lipinski definition) is 0. The van der Waals surface area contributed by atoms with Gasteiger partial charge in [0.25, 0.3) is 0 Å². The first-order valence-electron chi connectivity index (χ1n) is 5.88. The number of ether oxygens (including phenoxy) is 2. The van der Waals surface area contributed by atoms with Gasteiger partial charge in [0.1, 0.15) is 5.11 Å². The molecule has 0 fully saturated rings. The van der Waals surface area contributed by atoms with Crippen LogP contribution in [0, 0.1) is 6.20 Å². The van der Waals surface area contributed by atoms with Crippen molar-refractivity contribution >= 4 is 5.69 Å². The van der Waals surface area contributed by atoms with Gasteiger partial charge in [0.15, 0.2) is 0 Å². The first-order chi connectivity index (χ1) is 9.27. The van der Waals surface area contributed by atoms with Crippen molar-refractivity contribution in [3.05, 3.63) is 54.6 Å². The van der Waals surface area contributed by atoms with Gasteiger partial charge in [0, 0.05) is 5.56 Å². The summed E-state index contributed by atoms with van der Waals surface area (Å²) < 4.78 is 9.99. The van der Waals surface area contributed by atoms with E-state index in [4.69, 9.17) is 4.74 Å². The molecule has 0 aliphatic carbocycles. The topological polar surface area (TPSA) is 66.2 Å². The molecule has 0 aliphatic rings. The maximum Gasteiger partial charge on any atom is 0.451 e. The monoisotopic (exact) mass is 260 g/mol. The molecule has 19 heavy (non-hydrogen) atoms. The van der Waals surface area contributed by atoms with E-state index in [1.54, 1.807) is 19.1 Å². The molecule has 5 heteroatoms. The van der Waals surface area contributed by atoms with Gasteiger partial charge in [-0.3, -0.25) is 0 Å². The Labute approximate surface area is 112 Å². The minimum absolute atomic E-state index is 0.285. The molecular formula is C14H16N2O3. The fourth-order valence-electron chi connectivity index (χ4n) is 1.27. The lowest BCUT2D eigenvalue weighted by atomic mass is 10.2. The summed E-state index contributed by atoms with van der Waals surface area (Å²) in [4.78, 5) is 0. The third-order valence-electron chi connectivity index (χ3n) is 2.06. The number of azo groups is 1. The van der Waals surface area contributed by atoms with E-state index in [0.717, 1.165) is 5.56 Å². The van der Waals surface area contributed by atoms with Crippen molar-refractivity contribution in [1.82, 2.24) is 0 Å². The molecule has 0 atom stereocenters. The molecule has 0 N–H and O–H groups in total. The Morgan fingerprint density at radius 1 is 1.47 bits per heavy atom. The van der Waals surface area contributed by atoms with Crippen molar-refractivity contribution in [2.24, 2.45) is 10.2 Å². The Balaban J connectivity index is 2.69. The molecule has 0 heterocycles. The fraction of sp³-hybridized carbons (Fsp3) is 0.286. The normalized spacial score (nSPS) is 11.3. The molecule has 0 aliphatic heterocycles. The second-order valence-corrected chi connectivity index (χ2v) is 3.46. The molecule has 0 amide bonds. The molecule has 0 spiro atoms. The van der Waals surface area contributed by atoms with E-state index in [1.165, 1.54) is 0 Å². The lowest BCUT2D eigenvalue weighted by Gasteiger charge is -2.03. The van der Waals surface area contributed by atoms with Crippen LogP contribution in [0.3, 0.4) is 0 Å². The predicted octanol–water partition coefficient (Wildman–Crippen LogP) is 2.47. The van der Waals surface area contributed by atoms with Gasteiger partial charge in [-0.25, -0.2) is 0 Å². The highest BCUT2D eigenvalue weighted by Crippen LogP contribution is 2.19. The van der Waals surface area contributed by atoms with Crippen LogP contribution in [0.15, 0.2) is 53.1 Å². The second-order valence-electron chi connectivity index (χ2n) is 3.46. The number of rotatable bonds is 8. The molecule has 100 valence electrons. The fourth-order valence-corrected chi connectivity index (χ4v) is 1.27. The zero-order valence-electron chi connectivity index (χ0n) is 10.8. The Morgan fingerprint density at radius 3 is 3.00 bits per heavy atom. The van der Waals surface area contributed by atoms with Crippen LogP contribution < -0.4 is 5.11 Å². The summed E-state index contributed by atoms with van der Waals surface area (Å²) in [7, 11) is 0. The Bertz CT molecular complexity index is 456. The van der Waals surface area contributed by atoms with Gasteiger partial charge in [-0.05, 0) is 12.7 Å². The summed E-state index contributed by atoms with van der Waals surface area (Å²) in [6, 6.07) is 7.37. The van der Waals surface area contributed by atoms with E-state index < -0.39 is 5.95 Å². The highest BCUT2D eigenvalue weighted by atomic mass is 16.6.